The highest BCUT2D eigenvalue weighted by Gasteiger charge is 2.13. The van der Waals surface area contributed by atoms with Gasteiger partial charge in [-0.25, -0.2) is 0 Å². The Morgan fingerprint density at radius 1 is 1.40 bits per heavy atom. The smallest absolute Gasteiger partial charge is 0.387 e. The van der Waals surface area contributed by atoms with Crippen molar-refractivity contribution in [3.8, 4) is 11.5 Å². The van der Waals surface area contributed by atoms with Gasteiger partial charge in [-0.2, -0.15) is 8.78 Å². The quantitative estimate of drug-likeness (QED) is 0.787. The Hall–Kier alpha value is -0.550. The van der Waals surface area contributed by atoms with Gasteiger partial charge in [0.1, 0.15) is 11.5 Å². The normalized spacial score (nSPS) is 10.5. The number of hydrogen-bond acceptors (Lipinski definition) is 2. The number of methoxy groups -OCH3 is 1. The molecule has 0 saturated carbocycles. The van der Waals surface area contributed by atoms with Crippen LogP contribution in [-0.4, -0.2) is 13.7 Å². The van der Waals surface area contributed by atoms with E-state index in [1.807, 2.05) is 0 Å². The van der Waals surface area contributed by atoms with E-state index >= 15 is 0 Å². The molecule has 0 aliphatic heterocycles. The minimum absolute atomic E-state index is 0.0584. The molecule has 0 spiro atoms. The van der Waals surface area contributed by atoms with Crippen LogP contribution in [0.2, 0.25) is 5.02 Å². The van der Waals surface area contributed by atoms with Crippen molar-refractivity contribution in [1.82, 2.24) is 0 Å². The number of benzene rings is 1. The molecule has 1 rings (SSSR count). The maximum absolute atomic E-state index is 12.1. The third kappa shape index (κ3) is 3.21. The Labute approximate surface area is 99.3 Å². The third-order valence-corrected chi connectivity index (χ3v) is 2.59. The van der Waals surface area contributed by atoms with Crippen LogP contribution in [0, 0.1) is 0 Å². The number of hydrogen-bond donors (Lipinski definition) is 0. The van der Waals surface area contributed by atoms with Crippen molar-refractivity contribution < 1.29 is 18.3 Å². The van der Waals surface area contributed by atoms with Gasteiger partial charge in [-0.3, -0.25) is 0 Å². The highest BCUT2D eigenvalue weighted by atomic mass is 79.9. The van der Waals surface area contributed by atoms with Gasteiger partial charge in [-0.05, 0) is 6.07 Å². The van der Waals surface area contributed by atoms with Crippen molar-refractivity contribution in [2.75, 3.05) is 7.11 Å². The van der Waals surface area contributed by atoms with Crippen LogP contribution in [0.1, 0.15) is 5.56 Å². The van der Waals surface area contributed by atoms with E-state index in [1.54, 1.807) is 0 Å². The molecule has 0 aliphatic carbocycles. The van der Waals surface area contributed by atoms with Crippen molar-refractivity contribution in [2.24, 2.45) is 0 Å². The van der Waals surface area contributed by atoms with Crippen molar-refractivity contribution in [1.29, 1.82) is 0 Å². The molecule has 0 N–H and O–H groups in total. The molecule has 2 nitrogen and oxygen atoms in total. The zero-order chi connectivity index (χ0) is 11.4. The van der Waals surface area contributed by atoms with Crippen LogP contribution >= 0.6 is 27.5 Å². The zero-order valence-electron chi connectivity index (χ0n) is 7.77. The molecule has 0 radical (unpaired) electrons. The van der Waals surface area contributed by atoms with Crippen LogP contribution in [0.5, 0.6) is 11.5 Å². The lowest BCUT2D eigenvalue weighted by Gasteiger charge is -2.11. The maximum atomic E-state index is 12.1. The lowest BCUT2D eigenvalue weighted by Crippen LogP contribution is -2.04. The number of ether oxygens (including phenoxy) is 2. The van der Waals surface area contributed by atoms with E-state index in [0.717, 1.165) is 0 Å². The van der Waals surface area contributed by atoms with E-state index in [-0.39, 0.29) is 5.75 Å². The molecule has 0 unspecified atom stereocenters. The summed E-state index contributed by atoms with van der Waals surface area (Å²) in [7, 11) is 1.40. The van der Waals surface area contributed by atoms with Gasteiger partial charge in [0, 0.05) is 17.0 Å². The van der Waals surface area contributed by atoms with Gasteiger partial charge in [0.2, 0.25) is 0 Å². The van der Waals surface area contributed by atoms with Crippen LogP contribution in [0.3, 0.4) is 0 Å². The fourth-order valence-corrected chi connectivity index (χ4v) is 1.74. The summed E-state index contributed by atoms with van der Waals surface area (Å²) in [6.07, 6.45) is 0. The number of rotatable bonds is 4. The summed E-state index contributed by atoms with van der Waals surface area (Å²) in [6.45, 7) is -2.87. The van der Waals surface area contributed by atoms with Gasteiger partial charge in [-0.15, -0.1) is 0 Å². The van der Waals surface area contributed by atoms with E-state index in [1.165, 1.54) is 19.2 Å². The lowest BCUT2D eigenvalue weighted by molar-refractivity contribution is -0.0504. The van der Waals surface area contributed by atoms with Gasteiger partial charge in [0.25, 0.3) is 0 Å². The van der Waals surface area contributed by atoms with E-state index in [0.29, 0.717) is 21.7 Å². The molecule has 0 fully saturated rings. The first-order chi connectivity index (χ1) is 7.08. The molecule has 15 heavy (non-hydrogen) atoms. The fourth-order valence-electron chi connectivity index (χ4n) is 1.04. The largest absolute Gasteiger partial charge is 0.495 e. The molecule has 1 aromatic carbocycles. The van der Waals surface area contributed by atoms with E-state index in [4.69, 9.17) is 16.3 Å². The Morgan fingerprint density at radius 2 is 2.07 bits per heavy atom. The van der Waals surface area contributed by atoms with Crippen LogP contribution < -0.4 is 9.47 Å². The first-order valence-corrected chi connectivity index (χ1v) is 5.45. The topological polar surface area (TPSA) is 18.5 Å². The average molecular weight is 302 g/mol. The minimum Gasteiger partial charge on any atom is -0.495 e. The lowest BCUT2D eigenvalue weighted by atomic mass is 10.2. The van der Waals surface area contributed by atoms with Gasteiger partial charge >= 0.3 is 6.61 Å². The molecular formula is C9H8BrClF2O2. The third-order valence-electron chi connectivity index (χ3n) is 1.69. The van der Waals surface area contributed by atoms with E-state index in [2.05, 4.69) is 20.7 Å². The number of halogens is 4. The molecule has 0 aromatic heterocycles. The second-order valence-electron chi connectivity index (χ2n) is 2.61. The summed E-state index contributed by atoms with van der Waals surface area (Å²) in [5.41, 5.74) is 0.543. The first-order valence-electron chi connectivity index (χ1n) is 3.95. The second kappa shape index (κ2) is 5.51. The van der Waals surface area contributed by atoms with Crippen molar-refractivity contribution in [2.45, 2.75) is 11.9 Å². The predicted octanol–water partition coefficient (Wildman–Crippen LogP) is 3.84. The van der Waals surface area contributed by atoms with Crippen LogP contribution in [0.15, 0.2) is 12.1 Å². The summed E-state index contributed by atoms with van der Waals surface area (Å²) in [5, 5.41) is 0.729. The first kappa shape index (κ1) is 12.5. The second-order valence-corrected chi connectivity index (χ2v) is 3.57. The van der Waals surface area contributed by atoms with Crippen molar-refractivity contribution in [3.63, 3.8) is 0 Å². The molecule has 1 aromatic rings. The molecule has 6 heteroatoms. The van der Waals surface area contributed by atoms with Gasteiger partial charge in [0.15, 0.2) is 0 Å². The van der Waals surface area contributed by atoms with E-state index < -0.39 is 6.61 Å². The Bertz CT molecular complexity index is 347. The Balaban J connectivity index is 3.10. The van der Waals surface area contributed by atoms with E-state index in [9.17, 15) is 8.78 Å². The molecule has 0 saturated heterocycles. The monoisotopic (exact) mass is 300 g/mol. The fraction of sp³-hybridized carbons (Fsp3) is 0.333. The summed E-state index contributed by atoms with van der Waals surface area (Å²) in [6, 6.07) is 2.86. The van der Waals surface area contributed by atoms with Gasteiger partial charge in [0.05, 0.1) is 12.1 Å². The molecule has 0 heterocycles. The average Bonchev–Trinajstić information content (AvgIpc) is 2.19. The molecular weight excluding hydrogens is 293 g/mol. The van der Waals surface area contributed by atoms with Crippen molar-refractivity contribution >= 4 is 27.5 Å². The molecule has 0 amide bonds. The Kier molecular flexibility index (Phi) is 4.60. The SMILES string of the molecule is COc1cc(OC(F)F)c(CBr)cc1Cl. The highest BCUT2D eigenvalue weighted by molar-refractivity contribution is 9.08. The minimum atomic E-state index is -2.87. The summed E-state index contributed by atoms with van der Waals surface area (Å²) >= 11 is 8.98. The zero-order valence-corrected chi connectivity index (χ0v) is 10.1. The summed E-state index contributed by atoms with van der Waals surface area (Å²) < 4.78 is 33.3. The summed E-state index contributed by atoms with van der Waals surface area (Å²) in [5.74, 6) is 0.361. The van der Waals surface area contributed by atoms with Crippen LogP contribution in [-0.2, 0) is 5.33 Å². The molecule has 0 bridgehead atoms. The van der Waals surface area contributed by atoms with Crippen LogP contribution in [0.25, 0.3) is 0 Å². The van der Waals surface area contributed by atoms with Gasteiger partial charge < -0.3 is 9.47 Å². The Morgan fingerprint density at radius 3 is 2.53 bits per heavy atom. The maximum Gasteiger partial charge on any atom is 0.387 e. The number of alkyl halides is 3. The summed E-state index contributed by atoms with van der Waals surface area (Å²) in [4.78, 5) is 0. The van der Waals surface area contributed by atoms with Crippen LogP contribution in [0.4, 0.5) is 8.78 Å². The molecule has 0 atom stereocenters. The molecule has 84 valence electrons. The molecule has 0 aliphatic rings. The highest BCUT2D eigenvalue weighted by Crippen LogP contribution is 2.34. The standard InChI is InChI=1S/C9H8BrClF2O2/c1-14-8-3-7(15-9(12)13)5(4-10)2-6(8)11/h2-3,9H,4H2,1H3. The predicted molar refractivity (Wildman–Crippen MR) is 57.3 cm³/mol. The van der Waals surface area contributed by atoms with Crippen molar-refractivity contribution in [3.05, 3.63) is 22.7 Å². The van der Waals surface area contributed by atoms with Gasteiger partial charge in [-0.1, -0.05) is 27.5 Å².